The van der Waals surface area contributed by atoms with Crippen LogP contribution in [0.1, 0.15) is 38.5 Å². The van der Waals surface area contributed by atoms with Gasteiger partial charge < -0.3 is 25.4 Å². The van der Waals surface area contributed by atoms with Gasteiger partial charge >= 0.3 is 7.82 Å². The Labute approximate surface area is 154 Å². The summed E-state index contributed by atoms with van der Waals surface area (Å²) in [7, 11) is -1.64. The highest BCUT2D eigenvalue weighted by atomic mass is 31.2. The fourth-order valence-corrected chi connectivity index (χ4v) is 2.55. The van der Waals surface area contributed by atoms with Gasteiger partial charge in [-0.05, 0) is 25.7 Å². The van der Waals surface area contributed by atoms with E-state index < -0.39 is 13.9 Å². The smallest absolute Gasteiger partial charge is 0.396 e. The minimum atomic E-state index is -4.26. The van der Waals surface area contributed by atoms with E-state index in [1.807, 2.05) is 0 Å². The SMILES string of the molecule is COCCCCC(=O)NCC(CNC(=O)CCCCO)OP(=O)(O)OC. The summed E-state index contributed by atoms with van der Waals surface area (Å²) >= 11 is 0. The Morgan fingerprint density at radius 3 is 2.00 bits per heavy atom. The van der Waals surface area contributed by atoms with Crippen LogP contribution in [0.5, 0.6) is 0 Å². The van der Waals surface area contributed by atoms with E-state index in [1.54, 1.807) is 7.11 Å². The van der Waals surface area contributed by atoms with Gasteiger partial charge in [0.15, 0.2) is 0 Å². The molecule has 0 aliphatic carbocycles. The van der Waals surface area contributed by atoms with Crippen LogP contribution in [-0.2, 0) is 27.9 Å². The predicted molar refractivity (Wildman–Crippen MR) is 94.4 cm³/mol. The molecule has 0 heterocycles. The number of methoxy groups -OCH3 is 1. The summed E-state index contributed by atoms with van der Waals surface area (Å²) in [5.41, 5.74) is 0. The molecule has 0 fully saturated rings. The molecule has 10 nitrogen and oxygen atoms in total. The molecule has 0 aliphatic heterocycles. The topological polar surface area (TPSA) is 143 Å². The van der Waals surface area contributed by atoms with Crippen LogP contribution in [0.2, 0.25) is 0 Å². The zero-order valence-electron chi connectivity index (χ0n) is 15.4. The third-order valence-electron chi connectivity index (χ3n) is 3.38. The largest absolute Gasteiger partial charge is 0.472 e. The summed E-state index contributed by atoms with van der Waals surface area (Å²) in [6.07, 6.45) is 2.05. The Bertz CT molecular complexity index is 449. The zero-order chi connectivity index (χ0) is 19.8. The lowest BCUT2D eigenvalue weighted by molar-refractivity contribution is -0.121. The summed E-state index contributed by atoms with van der Waals surface area (Å²) < 4.78 is 25.8. The highest BCUT2D eigenvalue weighted by molar-refractivity contribution is 7.47. The second-order valence-corrected chi connectivity index (χ2v) is 7.13. The number of nitrogens with one attached hydrogen (secondary N) is 2. The molecule has 0 spiro atoms. The summed E-state index contributed by atoms with van der Waals surface area (Å²) in [4.78, 5) is 32.9. The molecule has 4 N–H and O–H groups in total. The predicted octanol–water partition coefficient (Wildman–Crippen LogP) is 0.330. The first kappa shape index (κ1) is 25.0. The average Bonchev–Trinajstić information content (AvgIpc) is 2.61. The van der Waals surface area contributed by atoms with Gasteiger partial charge in [0.1, 0.15) is 6.10 Å². The maximum absolute atomic E-state index is 11.8. The van der Waals surface area contributed by atoms with Crippen LogP contribution in [0.15, 0.2) is 0 Å². The standard InChI is InChI=1S/C15H31N2O8P/c1-23-10-6-4-8-15(20)17-12-13(25-26(21,22)24-2)11-16-14(19)7-3-5-9-18/h13,18H,3-12H2,1-2H3,(H,16,19)(H,17,20)(H,21,22). The second kappa shape index (κ2) is 15.1. The number of carbonyl (C=O) groups is 2. The normalized spacial score (nSPS) is 14.5. The summed E-state index contributed by atoms with van der Waals surface area (Å²) in [6.45, 7) is 0.476. The lowest BCUT2D eigenvalue weighted by Crippen LogP contribution is -2.41. The highest BCUT2D eigenvalue weighted by Crippen LogP contribution is 2.43. The van der Waals surface area contributed by atoms with Gasteiger partial charge in [0.25, 0.3) is 0 Å². The van der Waals surface area contributed by atoms with Gasteiger partial charge in [0, 0.05) is 53.4 Å². The number of aliphatic hydroxyl groups excluding tert-OH is 1. The van der Waals surface area contributed by atoms with Crippen molar-refractivity contribution in [1.82, 2.24) is 10.6 Å². The highest BCUT2D eigenvalue weighted by Gasteiger charge is 2.25. The molecule has 0 rings (SSSR count). The molecule has 0 aromatic rings. The first-order chi connectivity index (χ1) is 12.3. The molecule has 0 aromatic heterocycles. The van der Waals surface area contributed by atoms with Crippen molar-refractivity contribution in [2.24, 2.45) is 0 Å². The number of phosphoric ester groups is 1. The Kier molecular flexibility index (Phi) is 14.5. The van der Waals surface area contributed by atoms with Crippen LogP contribution in [0.3, 0.4) is 0 Å². The molecular weight excluding hydrogens is 367 g/mol. The number of rotatable bonds is 16. The van der Waals surface area contributed by atoms with Crippen molar-refractivity contribution >= 4 is 19.6 Å². The van der Waals surface area contributed by atoms with E-state index in [9.17, 15) is 19.0 Å². The maximum atomic E-state index is 11.8. The Hall–Kier alpha value is -1.03. The van der Waals surface area contributed by atoms with E-state index in [1.165, 1.54) is 0 Å². The fourth-order valence-electron chi connectivity index (χ4n) is 1.94. The van der Waals surface area contributed by atoms with E-state index in [-0.39, 0.29) is 37.9 Å². The average molecular weight is 398 g/mol. The molecule has 154 valence electrons. The number of hydrogen-bond acceptors (Lipinski definition) is 7. The van der Waals surface area contributed by atoms with Crippen molar-refractivity contribution in [2.45, 2.75) is 44.6 Å². The third kappa shape index (κ3) is 14.2. The number of carbonyl (C=O) groups excluding carboxylic acids is 2. The van der Waals surface area contributed by atoms with Crippen molar-refractivity contribution in [1.29, 1.82) is 0 Å². The van der Waals surface area contributed by atoms with Crippen LogP contribution in [-0.4, -0.2) is 68.4 Å². The third-order valence-corrected chi connectivity index (χ3v) is 4.41. The molecule has 0 saturated heterocycles. The molecule has 0 aromatic carbocycles. The van der Waals surface area contributed by atoms with Crippen LogP contribution in [0, 0.1) is 0 Å². The number of phosphoric acid groups is 1. The zero-order valence-corrected chi connectivity index (χ0v) is 16.3. The Morgan fingerprint density at radius 1 is 1.00 bits per heavy atom. The minimum Gasteiger partial charge on any atom is -0.396 e. The molecule has 0 radical (unpaired) electrons. The van der Waals surface area contributed by atoms with Crippen LogP contribution in [0.25, 0.3) is 0 Å². The quantitative estimate of drug-likeness (QED) is 0.215. The number of unbranched alkanes of at least 4 members (excludes halogenated alkanes) is 2. The lowest BCUT2D eigenvalue weighted by atomic mass is 10.2. The summed E-state index contributed by atoms with van der Waals surface area (Å²) in [5.74, 6) is -0.503. The monoisotopic (exact) mass is 398 g/mol. The summed E-state index contributed by atoms with van der Waals surface area (Å²) in [6, 6.07) is 0. The van der Waals surface area contributed by atoms with Gasteiger partial charge in [-0.15, -0.1) is 0 Å². The first-order valence-electron chi connectivity index (χ1n) is 8.54. The van der Waals surface area contributed by atoms with Gasteiger partial charge in [-0.3, -0.25) is 18.6 Å². The van der Waals surface area contributed by atoms with Crippen molar-refractivity contribution in [3.63, 3.8) is 0 Å². The van der Waals surface area contributed by atoms with Gasteiger partial charge in [-0.1, -0.05) is 0 Å². The first-order valence-corrected chi connectivity index (χ1v) is 10.0. The van der Waals surface area contributed by atoms with Crippen LogP contribution < -0.4 is 10.6 Å². The second-order valence-electron chi connectivity index (χ2n) is 5.62. The van der Waals surface area contributed by atoms with Gasteiger partial charge in [0.2, 0.25) is 11.8 Å². The van der Waals surface area contributed by atoms with Crippen molar-refractivity contribution in [3.05, 3.63) is 0 Å². The molecule has 0 bridgehead atoms. The summed E-state index contributed by atoms with van der Waals surface area (Å²) in [5, 5.41) is 13.9. The maximum Gasteiger partial charge on any atom is 0.472 e. The molecular formula is C15H31N2O8P. The molecule has 0 aliphatic rings. The Balaban J connectivity index is 4.36. The molecule has 0 saturated carbocycles. The number of aliphatic hydroxyl groups is 1. The number of hydrogen-bond donors (Lipinski definition) is 4. The minimum absolute atomic E-state index is 0.0109. The van der Waals surface area contributed by atoms with E-state index in [0.29, 0.717) is 32.3 Å². The molecule has 2 amide bonds. The van der Waals surface area contributed by atoms with Crippen molar-refractivity contribution in [3.8, 4) is 0 Å². The van der Waals surface area contributed by atoms with E-state index in [2.05, 4.69) is 15.2 Å². The van der Waals surface area contributed by atoms with Gasteiger partial charge in [0.05, 0.1) is 0 Å². The van der Waals surface area contributed by atoms with Crippen molar-refractivity contribution < 1.29 is 37.9 Å². The van der Waals surface area contributed by atoms with Crippen LogP contribution in [0.4, 0.5) is 0 Å². The lowest BCUT2D eigenvalue weighted by Gasteiger charge is -2.21. The number of ether oxygens (including phenoxy) is 1. The van der Waals surface area contributed by atoms with E-state index in [0.717, 1.165) is 13.5 Å². The number of amides is 2. The van der Waals surface area contributed by atoms with Gasteiger partial charge in [-0.25, -0.2) is 4.57 Å². The van der Waals surface area contributed by atoms with E-state index >= 15 is 0 Å². The van der Waals surface area contributed by atoms with Gasteiger partial charge in [-0.2, -0.15) is 0 Å². The van der Waals surface area contributed by atoms with Crippen molar-refractivity contribution in [2.75, 3.05) is 40.5 Å². The Morgan fingerprint density at radius 2 is 1.54 bits per heavy atom. The molecule has 2 atom stereocenters. The molecule has 2 unspecified atom stereocenters. The molecule has 26 heavy (non-hydrogen) atoms. The fraction of sp³-hybridized carbons (Fsp3) is 0.867. The van der Waals surface area contributed by atoms with Crippen LogP contribution >= 0.6 is 7.82 Å². The van der Waals surface area contributed by atoms with E-state index in [4.69, 9.17) is 14.4 Å². The molecule has 11 heteroatoms.